The number of rotatable bonds is 8. The van der Waals surface area contributed by atoms with Crippen LogP contribution in [0, 0.1) is 0 Å². The van der Waals surface area contributed by atoms with Gasteiger partial charge in [-0.3, -0.25) is 0 Å². The molecule has 1 saturated carbocycles. The lowest BCUT2D eigenvalue weighted by Crippen LogP contribution is -2.35. The third-order valence-corrected chi connectivity index (χ3v) is 5.63. The summed E-state index contributed by atoms with van der Waals surface area (Å²) in [6.07, 6.45) is 3.18. The van der Waals surface area contributed by atoms with E-state index in [1.807, 2.05) is 0 Å². The Labute approximate surface area is 125 Å². The van der Waals surface area contributed by atoms with E-state index in [-0.39, 0.29) is 18.4 Å². The molecule has 112 valence electrons. The predicted octanol–water partition coefficient (Wildman–Crippen LogP) is 2.41. The molecule has 0 unspecified atom stereocenters. The molecule has 0 spiro atoms. The van der Waals surface area contributed by atoms with E-state index in [1.54, 1.807) is 28.6 Å². The Hall–Kier alpha value is -0.620. The van der Waals surface area contributed by atoms with Crippen molar-refractivity contribution in [1.82, 2.24) is 4.31 Å². The van der Waals surface area contributed by atoms with Gasteiger partial charge in [-0.05, 0) is 37.3 Å². The summed E-state index contributed by atoms with van der Waals surface area (Å²) in [5.41, 5.74) is 0.641. The fourth-order valence-corrected chi connectivity index (χ4v) is 4.35. The van der Waals surface area contributed by atoms with Crippen LogP contribution < -0.4 is 0 Å². The Bertz CT molecular complexity index is 543. The quantitative estimate of drug-likeness (QED) is 0.749. The molecule has 0 bridgehead atoms. The van der Waals surface area contributed by atoms with E-state index < -0.39 is 10.0 Å². The third kappa shape index (κ3) is 4.19. The minimum absolute atomic E-state index is 0.0533. The van der Waals surface area contributed by atoms with Gasteiger partial charge in [0.2, 0.25) is 10.0 Å². The van der Waals surface area contributed by atoms with Crippen LogP contribution in [0.1, 0.15) is 31.2 Å². The third-order valence-electron chi connectivity index (χ3n) is 3.39. The maximum Gasteiger partial charge on any atom is 0.218 e. The number of aliphatic hydroxyl groups is 1. The van der Waals surface area contributed by atoms with Crippen molar-refractivity contribution in [3.8, 4) is 0 Å². The molecule has 0 aliphatic heterocycles. The van der Waals surface area contributed by atoms with Gasteiger partial charge in [0.1, 0.15) is 0 Å². The summed E-state index contributed by atoms with van der Waals surface area (Å²) in [6.45, 7) is 0.584. The van der Waals surface area contributed by atoms with Crippen molar-refractivity contribution >= 4 is 21.6 Å². The molecule has 20 heavy (non-hydrogen) atoms. The molecular weight excluding hydrogens is 298 g/mol. The first-order valence-electron chi connectivity index (χ1n) is 6.88. The van der Waals surface area contributed by atoms with E-state index >= 15 is 0 Å². The Kier molecular flexibility index (Phi) is 5.43. The molecule has 0 saturated heterocycles. The molecule has 0 heterocycles. The van der Waals surface area contributed by atoms with Crippen molar-refractivity contribution in [3.63, 3.8) is 0 Å². The second-order valence-corrected chi connectivity index (χ2v) is 7.45. The molecule has 0 amide bonds. The van der Waals surface area contributed by atoms with Crippen molar-refractivity contribution in [1.29, 1.82) is 0 Å². The van der Waals surface area contributed by atoms with Crippen LogP contribution in [-0.2, 0) is 15.8 Å². The maximum absolute atomic E-state index is 12.5. The highest BCUT2D eigenvalue weighted by atomic mass is 35.5. The SMILES string of the molecule is O=S(=O)(Cc1ccccc1Cl)N(CCCCO)C1CC1. The van der Waals surface area contributed by atoms with Crippen molar-refractivity contribution in [3.05, 3.63) is 34.9 Å². The Balaban J connectivity index is 2.08. The van der Waals surface area contributed by atoms with Gasteiger partial charge in [-0.2, -0.15) is 4.31 Å². The van der Waals surface area contributed by atoms with Crippen LogP contribution >= 0.6 is 11.6 Å². The highest BCUT2D eigenvalue weighted by Crippen LogP contribution is 2.31. The zero-order valence-electron chi connectivity index (χ0n) is 11.3. The summed E-state index contributed by atoms with van der Waals surface area (Å²) >= 11 is 6.04. The highest BCUT2D eigenvalue weighted by molar-refractivity contribution is 7.88. The Morgan fingerprint density at radius 2 is 1.95 bits per heavy atom. The molecule has 4 nitrogen and oxygen atoms in total. The Morgan fingerprint density at radius 3 is 2.55 bits per heavy atom. The van der Waals surface area contributed by atoms with Gasteiger partial charge in [-0.25, -0.2) is 8.42 Å². The average molecular weight is 318 g/mol. The number of halogens is 1. The van der Waals surface area contributed by atoms with Crippen LogP contribution in [0.3, 0.4) is 0 Å². The van der Waals surface area contributed by atoms with Crippen LogP contribution in [0.2, 0.25) is 5.02 Å². The van der Waals surface area contributed by atoms with Crippen molar-refractivity contribution in [2.45, 2.75) is 37.5 Å². The van der Waals surface area contributed by atoms with Gasteiger partial charge in [-0.15, -0.1) is 0 Å². The zero-order valence-corrected chi connectivity index (χ0v) is 12.9. The molecule has 2 rings (SSSR count). The van der Waals surface area contributed by atoms with Crippen LogP contribution in [0.25, 0.3) is 0 Å². The topological polar surface area (TPSA) is 57.6 Å². The van der Waals surface area contributed by atoms with E-state index in [4.69, 9.17) is 16.7 Å². The number of hydrogen-bond donors (Lipinski definition) is 1. The second kappa shape index (κ2) is 6.89. The smallest absolute Gasteiger partial charge is 0.218 e. The van der Waals surface area contributed by atoms with Gasteiger partial charge in [0, 0.05) is 24.2 Å². The van der Waals surface area contributed by atoms with Gasteiger partial charge in [-0.1, -0.05) is 29.8 Å². The van der Waals surface area contributed by atoms with E-state index in [0.29, 0.717) is 30.0 Å². The summed E-state index contributed by atoms with van der Waals surface area (Å²) < 4.78 is 26.7. The lowest BCUT2D eigenvalue weighted by molar-refractivity contribution is 0.275. The van der Waals surface area contributed by atoms with Gasteiger partial charge < -0.3 is 5.11 Å². The number of nitrogens with zero attached hydrogens (tertiary/aromatic N) is 1. The van der Waals surface area contributed by atoms with Crippen LogP contribution in [0.5, 0.6) is 0 Å². The average Bonchev–Trinajstić information content (AvgIpc) is 3.21. The van der Waals surface area contributed by atoms with Crippen LogP contribution in [0.4, 0.5) is 0 Å². The van der Waals surface area contributed by atoms with Crippen molar-refractivity contribution in [2.24, 2.45) is 0 Å². The minimum atomic E-state index is -3.35. The Morgan fingerprint density at radius 1 is 1.25 bits per heavy atom. The number of aliphatic hydroxyl groups excluding tert-OH is 1. The molecule has 0 aromatic heterocycles. The minimum Gasteiger partial charge on any atom is -0.396 e. The number of unbranched alkanes of at least 4 members (excludes halogenated alkanes) is 1. The number of benzene rings is 1. The highest BCUT2D eigenvalue weighted by Gasteiger charge is 2.36. The monoisotopic (exact) mass is 317 g/mol. The molecule has 1 aromatic rings. The van der Waals surface area contributed by atoms with Gasteiger partial charge >= 0.3 is 0 Å². The van der Waals surface area contributed by atoms with Gasteiger partial charge in [0.05, 0.1) is 5.75 Å². The molecule has 1 aliphatic carbocycles. The first-order valence-corrected chi connectivity index (χ1v) is 8.87. The lowest BCUT2D eigenvalue weighted by Gasteiger charge is -2.22. The summed E-state index contributed by atoms with van der Waals surface area (Å²) in [4.78, 5) is 0. The van der Waals surface area contributed by atoms with Gasteiger partial charge in [0.25, 0.3) is 0 Å². The van der Waals surface area contributed by atoms with Crippen LogP contribution in [-0.4, -0.2) is 37.0 Å². The lowest BCUT2D eigenvalue weighted by atomic mass is 10.2. The molecule has 0 atom stereocenters. The maximum atomic E-state index is 12.5. The number of sulfonamides is 1. The van der Waals surface area contributed by atoms with Crippen molar-refractivity contribution in [2.75, 3.05) is 13.2 Å². The van der Waals surface area contributed by atoms with Crippen LogP contribution in [0.15, 0.2) is 24.3 Å². The molecule has 1 fully saturated rings. The molecule has 1 aliphatic rings. The largest absolute Gasteiger partial charge is 0.396 e. The molecule has 0 radical (unpaired) electrons. The predicted molar refractivity (Wildman–Crippen MR) is 80.1 cm³/mol. The molecular formula is C14H20ClNO3S. The first-order chi connectivity index (χ1) is 9.54. The normalized spacial score (nSPS) is 15.8. The summed E-state index contributed by atoms with van der Waals surface area (Å²) in [6, 6.07) is 7.18. The molecule has 1 N–H and O–H groups in total. The zero-order chi connectivity index (χ0) is 14.6. The van der Waals surface area contributed by atoms with E-state index in [0.717, 1.165) is 12.8 Å². The first kappa shape index (κ1) is 15.8. The van der Waals surface area contributed by atoms with Crippen molar-refractivity contribution < 1.29 is 13.5 Å². The van der Waals surface area contributed by atoms with E-state index in [9.17, 15) is 8.42 Å². The van der Waals surface area contributed by atoms with E-state index in [1.165, 1.54) is 0 Å². The van der Waals surface area contributed by atoms with Gasteiger partial charge in [0.15, 0.2) is 0 Å². The second-order valence-electron chi connectivity index (χ2n) is 5.12. The van der Waals surface area contributed by atoms with E-state index in [2.05, 4.69) is 0 Å². The summed E-state index contributed by atoms with van der Waals surface area (Å²) in [5, 5.41) is 9.31. The summed E-state index contributed by atoms with van der Waals surface area (Å²) in [7, 11) is -3.35. The molecule has 6 heteroatoms. The molecule has 1 aromatic carbocycles. The fraction of sp³-hybridized carbons (Fsp3) is 0.571. The fourth-order valence-electron chi connectivity index (χ4n) is 2.19. The summed E-state index contributed by atoms with van der Waals surface area (Å²) in [5.74, 6) is -0.0533. The standard InChI is InChI=1S/C14H20ClNO3S/c15-14-6-2-1-5-12(14)11-20(18,19)16(13-7-8-13)9-3-4-10-17/h1-2,5-6,13,17H,3-4,7-11H2. The number of hydrogen-bond acceptors (Lipinski definition) is 3.